The standard InChI is InChI=1S/C17H13IN2O6/c1-23-14-6-10(19-8-21)4-12(16(14)24-2)13-5-11(20-9-22)7-15(26-18)17(13)25-3/h4-7H,1-3H3. The summed E-state index contributed by atoms with van der Waals surface area (Å²) in [7, 11) is 4.40. The normalized spacial score (nSPS) is 9.54. The highest BCUT2D eigenvalue weighted by Gasteiger charge is 2.21. The van der Waals surface area contributed by atoms with Crippen molar-refractivity contribution in [3.63, 3.8) is 0 Å². The van der Waals surface area contributed by atoms with Crippen LogP contribution in [0.15, 0.2) is 34.3 Å². The maximum Gasteiger partial charge on any atom is 0.240 e. The van der Waals surface area contributed by atoms with Crippen LogP contribution >= 0.6 is 23.0 Å². The molecule has 0 saturated heterocycles. The van der Waals surface area contributed by atoms with Crippen LogP contribution < -0.4 is 17.3 Å². The zero-order valence-corrected chi connectivity index (χ0v) is 16.2. The van der Waals surface area contributed by atoms with Gasteiger partial charge in [0.2, 0.25) is 12.2 Å². The fourth-order valence-electron chi connectivity index (χ4n) is 2.44. The highest BCUT2D eigenvalue weighted by molar-refractivity contribution is 14.1. The van der Waals surface area contributed by atoms with Gasteiger partial charge in [0.25, 0.3) is 0 Å². The fraction of sp³-hybridized carbons (Fsp3) is 0.176. The molecule has 0 aromatic heterocycles. The summed E-state index contributed by atoms with van der Waals surface area (Å²) in [4.78, 5) is 28.6. The van der Waals surface area contributed by atoms with Crippen molar-refractivity contribution in [2.45, 2.75) is 0 Å². The van der Waals surface area contributed by atoms with Gasteiger partial charge < -0.3 is 17.3 Å². The summed E-state index contributed by atoms with van der Waals surface area (Å²) in [5.74, 6) is 1.44. The molecule has 0 amide bonds. The molecule has 0 radical (unpaired) electrons. The number of isocyanates is 2. The third kappa shape index (κ3) is 3.85. The smallest absolute Gasteiger partial charge is 0.240 e. The minimum atomic E-state index is 0.299. The minimum absolute atomic E-state index is 0.299. The molecule has 134 valence electrons. The molecule has 0 saturated carbocycles. The highest BCUT2D eigenvalue weighted by atomic mass is 127. The third-order valence-electron chi connectivity index (χ3n) is 3.43. The quantitative estimate of drug-likeness (QED) is 0.346. The zero-order chi connectivity index (χ0) is 19.1. The predicted octanol–water partition coefficient (Wildman–Crippen LogP) is 4.04. The van der Waals surface area contributed by atoms with Crippen molar-refractivity contribution in [2.24, 2.45) is 9.98 Å². The van der Waals surface area contributed by atoms with Gasteiger partial charge in [-0.3, -0.25) is 0 Å². The molecule has 2 rings (SSSR count). The molecule has 0 N–H and O–H groups in total. The molecule has 0 aliphatic carbocycles. The Morgan fingerprint density at radius 3 is 1.62 bits per heavy atom. The Labute approximate surface area is 163 Å². The number of halogens is 1. The molecule has 0 heterocycles. The molecule has 0 aliphatic heterocycles. The molecule has 2 aromatic rings. The molecule has 8 nitrogen and oxygen atoms in total. The average Bonchev–Trinajstić information content (AvgIpc) is 2.66. The van der Waals surface area contributed by atoms with E-state index in [0.717, 1.165) is 0 Å². The predicted molar refractivity (Wildman–Crippen MR) is 102 cm³/mol. The van der Waals surface area contributed by atoms with Gasteiger partial charge in [0.15, 0.2) is 46.0 Å². The molecule has 0 spiro atoms. The number of nitrogens with zero attached hydrogens (tertiary/aromatic N) is 2. The third-order valence-corrected chi connectivity index (χ3v) is 3.90. The summed E-state index contributed by atoms with van der Waals surface area (Å²) < 4.78 is 21.5. The van der Waals surface area contributed by atoms with Crippen molar-refractivity contribution in [3.05, 3.63) is 24.3 Å². The molecule has 2 aromatic carbocycles. The summed E-state index contributed by atoms with van der Waals surface area (Å²) in [6, 6.07) is 6.24. The molecule has 0 unspecified atom stereocenters. The van der Waals surface area contributed by atoms with Crippen LogP contribution in [0.3, 0.4) is 0 Å². The SMILES string of the molecule is COc1cc(N=C=O)cc(-c2cc(N=C=O)cc(OI)c2OC)c1OC. The van der Waals surface area contributed by atoms with E-state index in [9.17, 15) is 9.59 Å². The first-order chi connectivity index (χ1) is 12.6. The van der Waals surface area contributed by atoms with E-state index in [4.69, 9.17) is 17.3 Å². The van der Waals surface area contributed by atoms with Crippen molar-refractivity contribution in [1.82, 2.24) is 0 Å². The zero-order valence-electron chi connectivity index (χ0n) is 14.0. The second kappa shape index (κ2) is 9.00. The van der Waals surface area contributed by atoms with Gasteiger partial charge in [-0.25, -0.2) is 9.59 Å². The van der Waals surface area contributed by atoms with Crippen molar-refractivity contribution in [3.8, 4) is 34.1 Å². The molecule has 26 heavy (non-hydrogen) atoms. The summed E-state index contributed by atoms with van der Waals surface area (Å²) in [6.07, 6.45) is 2.97. The Hall–Kier alpha value is -2.87. The second-order valence-electron chi connectivity index (χ2n) is 4.74. The van der Waals surface area contributed by atoms with Crippen LogP contribution in [0.5, 0.6) is 23.0 Å². The topological polar surface area (TPSA) is 95.8 Å². The van der Waals surface area contributed by atoms with E-state index in [1.54, 1.807) is 35.1 Å². The van der Waals surface area contributed by atoms with Gasteiger partial charge in [-0.1, -0.05) is 0 Å². The molecular weight excluding hydrogens is 455 g/mol. The van der Waals surface area contributed by atoms with Crippen molar-refractivity contribution in [1.29, 1.82) is 0 Å². The minimum Gasteiger partial charge on any atom is -0.493 e. The molecule has 0 atom stereocenters. The maximum absolute atomic E-state index is 10.7. The summed E-state index contributed by atoms with van der Waals surface area (Å²) in [5.41, 5.74) is 1.59. The molecule has 0 bridgehead atoms. The number of rotatable bonds is 7. The number of ether oxygens (including phenoxy) is 3. The largest absolute Gasteiger partial charge is 0.493 e. The summed E-state index contributed by atoms with van der Waals surface area (Å²) in [5, 5.41) is 0. The Bertz CT molecular complexity index is 842. The van der Waals surface area contributed by atoms with E-state index >= 15 is 0 Å². The monoisotopic (exact) mass is 468 g/mol. The van der Waals surface area contributed by atoms with Gasteiger partial charge in [0, 0.05) is 23.3 Å². The van der Waals surface area contributed by atoms with E-state index in [0.29, 0.717) is 45.5 Å². The van der Waals surface area contributed by atoms with E-state index in [1.807, 2.05) is 0 Å². The van der Waals surface area contributed by atoms with Crippen LogP contribution in [0.25, 0.3) is 11.1 Å². The Morgan fingerprint density at radius 2 is 1.23 bits per heavy atom. The lowest BCUT2D eigenvalue weighted by Gasteiger charge is -2.17. The lowest BCUT2D eigenvalue weighted by Crippen LogP contribution is -1.96. The molecule has 9 heteroatoms. The Morgan fingerprint density at radius 1 is 0.769 bits per heavy atom. The Balaban J connectivity index is 2.92. The first kappa shape index (κ1) is 19.5. The molecule has 0 fully saturated rings. The lowest BCUT2D eigenvalue weighted by molar-refractivity contribution is 0.356. The number of hydrogen-bond donors (Lipinski definition) is 0. The lowest BCUT2D eigenvalue weighted by atomic mass is 10.0. The first-order valence-electron chi connectivity index (χ1n) is 7.06. The number of carbonyl (C=O) groups excluding carboxylic acids is 2. The van der Waals surface area contributed by atoms with Gasteiger partial charge in [-0.2, -0.15) is 9.98 Å². The van der Waals surface area contributed by atoms with E-state index < -0.39 is 0 Å². The van der Waals surface area contributed by atoms with Gasteiger partial charge in [0.05, 0.1) is 32.7 Å². The Kier molecular flexibility index (Phi) is 6.74. The number of benzene rings is 2. The highest BCUT2D eigenvalue weighted by Crippen LogP contribution is 2.49. The second-order valence-corrected chi connectivity index (χ2v) is 5.18. The number of aliphatic imine (C=N–C) groups is 2. The molecule has 0 aliphatic rings. The van der Waals surface area contributed by atoms with Crippen LogP contribution in [-0.2, 0) is 9.59 Å². The van der Waals surface area contributed by atoms with Crippen LogP contribution in [-0.4, -0.2) is 33.5 Å². The summed E-state index contributed by atoms with van der Waals surface area (Å²) >= 11 is 1.69. The number of hydrogen-bond acceptors (Lipinski definition) is 8. The van der Waals surface area contributed by atoms with E-state index in [-0.39, 0.29) is 0 Å². The molecular formula is C17H13IN2O6. The van der Waals surface area contributed by atoms with Gasteiger partial charge >= 0.3 is 0 Å². The van der Waals surface area contributed by atoms with Crippen LogP contribution in [0.4, 0.5) is 11.4 Å². The summed E-state index contributed by atoms with van der Waals surface area (Å²) in [6.45, 7) is 0. The van der Waals surface area contributed by atoms with Crippen molar-refractivity contribution in [2.75, 3.05) is 21.3 Å². The van der Waals surface area contributed by atoms with Gasteiger partial charge in [-0.05, 0) is 12.1 Å². The van der Waals surface area contributed by atoms with Crippen LogP contribution in [0.1, 0.15) is 0 Å². The van der Waals surface area contributed by atoms with Crippen molar-refractivity contribution < 1.29 is 26.9 Å². The fourth-order valence-corrected chi connectivity index (χ4v) is 2.77. The first-order valence-corrected chi connectivity index (χ1v) is 7.94. The van der Waals surface area contributed by atoms with E-state index in [2.05, 4.69) is 9.98 Å². The van der Waals surface area contributed by atoms with Crippen LogP contribution in [0.2, 0.25) is 0 Å². The van der Waals surface area contributed by atoms with Crippen LogP contribution in [0, 0.1) is 0 Å². The van der Waals surface area contributed by atoms with E-state index in [1.165, 1.54) is 45.6 Å². The number of methoxy groups -OCH3 is 3. The maximum atomic E-state index is 10.7. The van der Waals surface area contributed by atoms with Gasteiger partial charge in [-0.15, -0.1) is 0 Å². The van der Waals surface area contributed by atoms with Crippen molar-refractivity contribution >= 4 is 46.5 Å². The van der Waals surface area contributed by atoms with Gasteiger partial charge in [0.1, 0.15) is 0 Å². The average molecular weight is 468 g/mol.